The van der Waals surface area contributed by atoms with Crippen LogP contribution >= 0.6 is 0 Å². The summed E-state index contributed by atoms with van der Waals surface area (Å²) in [6, 6.07) is 14.3. The van der Waals surface area contributed by atoms with Crippen molar-refractivity contribution in [3.05, 3.63) is 65.7 Å². The van der Waals surface area contributed by atoms with Crippen LogP contribution in [0.15, 0.2) is 54.6 Å². The summed E-state index contributed by atoms with van der Waals surface area (Å²) < 4.78 is 45.8. The molecule has 0 fully saturated rings. The monoisotopic (exact) mass is 450 g/mol. The number of aliphatic hydroxyl groups is 1. The second-order valence-corrected chi connectivity index (χ2v) is 9.22. The van der Waals surface area contributed by atoms with Crippen LogP contribution in [0.5, 0.6) is 11.5 Å². The fraction of sp³-hybridized carbons (Fsp3) is 0.391. The minimum Gasteiger partial charge on any atom is -0.485 e. The second kappa shape index (κ2) is 11.3. The number of rotatable bonds is 11. The number of aliphatic hydroxyl groups excluding tert-OH is 1. The first-order chi connectivity index (χ1) is 14.6. The maximum atomic E-state index is 12.4. The summed E-state index contributed by atoms with van der Waals surface area (Å²) >= 11 is 0. The van der Waals surface area contributed by atoms with Crippen LogP contribution in [0.2, 0.25) is 0 Å². The summed E-state index contributed by atoms with van der Waals surface area (Å²) in [6.07, 6.45) is 1.97. The van der Waals surface area contributed by atoms with E-state index in [9.17, 15) is 13.5 Å². The number of benzene rings is 2. The van der Waals surface area contributed by atoms with Crippen LogP contribution < -0.4 is 8.92 Å². The molecule has 0 aromatic heterocycles. The molecule has 0 spiro atoms. The van der Waals surface area contributed by atoms with Crippen LogP contribution in [0.3, 0.4) is 0 Å². The van der Waals surface area contributed by atoms with Gasteiger partial charge < -0.3 is 18.8 Å². The molecule has 0 amide bonds. The Morgan fingerprint density at radius 3 is 2.42 bits per heavy atom. The van der Waals surface area contributed by atoms with E-state index in [2.05, 4.69) is 0 Å². The maximum Gasteiger partial charge on any atom is 0.449 e. The minimum atomic E-state index is -4.31. The van der Waals surface area contributed by atoms with Gasteiger partial charge in [-0.25, -0.2) is 4.18 Å². The summed E-state index contributed by atoms with van der Waals surface area (Å²) in [5.74, 6) is 0.229. The Balaban J connectivity index is 2.24. The van der Waals surface area contributed by atoms with Gasteiger partial charge >= 0.3 is 10.4 Å². The molecule has 0 aliphatic rings. The van der Waals surface area contributed by atoms with E-state index >= 15 is 0 Å². The van der Waals surface area contributed by atoms with Crippen molar-refractivity contribution >= 4 is 16.5 Å². The van der Waals surface area contributed by atoms with Gasteiger partial charge in [0.25, 0.3) is 0 Å². The van der Waals surface area contributed by atoms with Crippen molar-refractivity contribution in [3.8, 4) is 11.5 Å². The van der Waals surface area contributed by atoms with Crippen molar-refractivity contribution < 1.29 is 31.4 Å². The molecule has 1 unspecified atom stereocenters. The molecule has 170 valence electrons. The molecule has 0 aliphatic heterocycles. The fourth-order valence-electron chi connectivity index (χ4n) is 2.35. The molecular formula is C23H30O7S. The Labute approximate surface area is 184 Å². The highest BCUT2D eigenvalue weighted by Gasteiger charge is 2.22. The topological polar surface area (TPSA) is 91.3 Å². The normalized spacial score (nSPS) is 13.3. The van der Waals surface area contributed by atoms with E-state index in [0.29, 0.717) is 12.2 Å². The molecule has 7 nitrogen and oxygen atoms in total. The Bertz CT molecular complexity index is 948. The molecule has 0 saturated heterocycles. The van der Waals surface area contributed by atoms with Crippen LogP contribution in [0.25, 0.3) is 6.08 Å². The van der Waals surface area contributed by atoms with Crippen molar-refractivity contribution in [2.75, 3.05) is 13.2 Å². The molecule has 0 bridgehead atoms. The third kappa shape index (κ3) is 9.52. The van der Waals surface area contributed by atoms with E-state index in [1.165, 1.54) is 12.1 Å². The molecule has 8 heteroatoms. The van der Waals surface area contributed by atoms with Crippen LogP contribution in [0.4, 0.5) is 0 Å². The average molecular weight is 451 g/mol. The summed E-state index contributed by atoms with van der Waals surface area (Å²) in [6.45, 7) is 7.89. The van der Waals surface area contributed by atoms with E-state index in [-0.39, 0.29) is 30.1 Å². The lowest BCUT2D eigenvalue weighted by molar-refractivity contribution is -0.0581. The largest absolute Gasteiger partial charge is 0.485 e. The zero-order valence-electron chi connectivity index (χ0n) is 18.3. The third-order valence-electron chi connectivity index (χ3n) is 3.82. The Hall–Kier alpha value is -2.39. The summed E-state index contributed by atoms with van der Waals surface area (Å²) in [5.41, 5.74) is 1.15. The molecule has 0 saturated carbocycles. The van der Waals surface area contributed by atoms with Gasteiger partial charge in [0.05, 0.1) is 6.61 Å². The minimum absolute atomic E-state index is 0.0158. The third-order valence-corrected chi connectivity index (χ3v) is 4.61. The van der Waals surface area contributed by atoms with Gasteiger partial charge in [0, 0.05) is 6.61 Å². The van der Waals surface area contributed by atoms with E-state index in [4.69, 9.17) is 17.8 Å². The first-order valence-corrected chi connectivity index (χ1v) is 11.3. The van der Waals surface area contributed by atoms with Crippen molar-refractivity contribution in [3.63, 3.8) is 0 Å². The molecule has 0 radical (unpaired) electrons. The lowest BCUT2D eigenvalue weighted by Gasteiger charge is -2.18. The number of hydrogen-bond acceptors (Lipinski definition) is 7. The van der Waals surface area contributed by atoms with Gasteiger partial charge in [0.15, 0.2) is 17.8 Å². The second-order valence-electron chi connectivity index (χ2n) is 8.00. The predicted octanol–water partition coefficient (Wildman–Crippen LogP) is 4.32. The molecule has 1 N–H and O–H groups in total. The van der Waals surface area contributed by atoms with E-state index < -0.39 is 16.7 Å². The zero-order valence-corrected chi connectivity index (χ0v) is 19.1. The molecule has 0 aliphatic carbocycles. The molecule has 2 aromatic rings. The van der Waals surface area contributed by atoms with Crippen LogP contribution in [-0.4, -0.2) is 33.0 Å². The van der Waals surface area contributed by atoms with Gasteiger partial charge in [-0.3, -0.25) is 0 Å². The van der Waals surface area contributed by atoms with E-state index in [0.717, 1.165) is 5.56 Å². The molecule has 1 atom stereocenters. The van der Waals surface area contributed by atoms with Crippen LogP contribution in [-0.2, 0) is 25.9 Å². The first kappa shape index (κ1) is 24.9. The predicted molar refractivity (Wildman–Crippen MR) is 119 cm³/mol. The van der Waals surface area contributed by atoms with Gasteiger partial charge in [0.1, 0.15) is 6.61 Å². The van der Waals surface area contributed by atoms with E-state index in [1.807, 2.05) is 51.1 Å². The van der Waals surface area contributed by atoms with Crippen molar-refractivity contribution in [2.45, 2.75) is 40.6 Å². The summed E-state index contributed by atoms with van der Waals surface area (Å²) in [7, 11) is -4.31. The lowest BCUT2D eigenvalue weighted by Crippen LogP contribution is -2.22. The lowest BCUT2D eigenvalue weighted by atomic mass is 9.99. The summed E-state index contributed by atoms with van der Waals surface area (Å²) in [4.78, 5) is 0. The smallest absolute Gasteiger partial charge is 0.449 e. The van der Waals surface area contributed by atoms with Gasteiger partial charge in [-0.1, -0.05) is 63.2 Å². The SMILES string of the molecule is CCOC(O)/C=C/c1ccc(OCc2ccccc2)c(OS(=O)(=O)OCC(C)(C)C)c1. The van der Waals surface area contributed by atoms with Gasteiger partial charge in [-0.15, -0.1) is 0 Å². The van der Waals surface area contributed by atoms with Crippen molar-refractivity contribution in [1.82, 2.24) is 0 Å². The first-order valence-electron chi connectivity index (χ1n) is 9.95. The van der Waals surface area contributed by atoms with E-state index in [1.54, 1.807) is 25.1 Å². The van der Waals surface area contributed by atoms with Gasteiger partial charge in [0.2, 0.25) is 0 Å². The number of hydrogen-bond donors (Lipinski definition) is 1. The highest BCUT2D eigenvalue weighted by atomic mass is 32.3. The highest BCUT2D eigenvalue weighted by molar-refractivity contribution is 7.82. The number of ether oxygens (including phenoxy) is 2. The zero-order chi connectivity index (χ0) is 22.9. The standard InChI is InChI=1S/C23H30O7S/c1-5-27-22(24)14-12-18-11-13-20(28-16-19-9-7-6-8-10-19)21(15-18)30-31(25,26)29-17-23(2,3)4/h6-15,22,24H,5,16-17H2,1-4H3/b14-12+. The Morgan fingerprint density at radius 2 is 1.77 bits per heavy atom. The van der Waals surface area contributed by atoms with Gasteiger partial charge in [-0.2, -0.15) is 8.42 Å². The Morgan fingerprint density at radius 1 is 1.06 bits per heavy atom. The summed E-state index contributed by atoms with van der Waals surface area (Å²) in [5, 5.41) is 9.70. The van der Waals surface area contributed by atoms with Crippen LogP contribution in [0.1, 0.15) is 38.8 Å². The molecular weight excluding hydrogens is 420 g/mol. The van der Waals surface area contributed by atoms with Crippen molar-refractivity contribution in [2.24, 2.45) is 5.41 Å². The quantitative estimate of drug-likeness (QED) is 0.510. The van der Waals surface area contributed by atoms with Crippen molar-refractivity contribution in [1.29, 1.82) is 0 Å². The average Bonchev–Trinajstić information content (AvgIpc) is 2.70. The van der Waals surface area contributed by atoms with Crippen LogP contribution in [0, 0.1) is 5.41 Å². The molecule has 2 rings (SSSR count). The van der Waals surface area contributed by atoms with Gasteiger partial charge in [-0.05, 0) is 41.7 Å². The molecule has 0 heterocycles. The Kier molecular flexibility index (Phi) is 9.06. The fourth-order valence-corrected chi connectivity index (χ4v) is 3.25. The molecule has 2 aromatic carbocycles. The maximum absolute atomic E-state index is 12.4. The highest BCUT2D eigenvalue weighted by Crippen LogP contribution is 2.31. The molecule has 31 heavy (non-hydrogen) atoms.